The summed E-state index contributed by atoms with van der Waals surface area (Å²) in [5.74, 6) is 0. The Morgan fingerprint density at radius 1 is 1.00 bits per heavy atom. The Hall–Kier alpha value is 1.00. The molecule has 0 aromatic heterocycles. The maximum absolute atomic E-state index is 11.9. The van der Waals surface area contributed by atoms with E-state index in [2.05, 4.69) is 0 Å². The van der Waals surface area contributed by atoms with Crippen LogP contribution in [-0.2, 0) is 0 Å². The third-order valence-corrected chi connectivity index (χ3v) is 1.50. The van der Waals surface area contributed by atoms with Crippen molar-refractivity contribution in [3.63, 3.8) is 0 Å². The van der Waals surface area contributed by atoms with Gasteiger partial charge in [-0.3, -0.25) is 0 Å². The summed E-state index contributed by atoms with van der Waals surface area (Å²) in [7, 11) is 0. The van der Waals surface area contributed by atoms with Gasteiger partial charge in [-0.15, -0.1) is 5.46 Å². The molecular weight excluding hydrogens is 214 g/mol. The first-order chi connectivity index (χ1) is 5.00. The number of halogens is 4. The third kappa shape index (κ3) is 3.81. The van der Waals surface area contributed by atoms with Crippen LogP contribution in [0.3, 0.4) is 0 Å². The summed E-state index contributed by atoms with van der Waals surface area (Å²) in [6.45, 7) is -4.88. The van der Waals surface area contributed by atoms with Crippen LogP contribution >= 0.6 is 11.6 Å². The molecule has 0 atom stereocenters. The first-order valence-electron chi connectivity index (χ1n) is 2.95. The third-order valence-electron chi connectivity index (χ3n) is 1.25. The van der Waals surface area contributed by atoms with E-state index in [-0.39, 0.29) is 51.4 Å². The molecule has 0 saturated carbocycles. The van der Waals surface area contributed by atoms with Gasteiger partial charge in [0.15, 0.2) is 0 Å². The van der Waals surface area contributed by atoms with Crippen molar-refractivity contribution in [1.29, 1.82) is 0 Å². The Kier molecular flexibility index (Phi) is 5.44. The first kappa shape index (κ1) is 13.0. The van der Waals surface area contributed by atoms with Gasteiger partial charge in [0.25, 0.3) is 0 Å². The minimum atomic E-state index is -4.88. The van der Waals surface area contributed by atoms with Crippen molar-refractivity contribution >= 4 is 24.0 Å². The van der Waals surface area contributed by atoms with Crippen LogP contribution in [0, 0.1) is 0 Å². The Balaban J connectivity index is 0.00000121. The van der Waals surface area contributed by atoms with Crippen molar-refractivity contribution in [2.24, 2.45) is 0 Å². The standard InChI is InChI=1S/C6H4BClF3.K/c8-6-3-1-5(2-4-6)7(9,10)11;/h1-4H;/q-1;+1. The van der Waals surface area contributed by atoms with Gasteiger partial charge in [0, 0.05) is 5.02 Å². The molecule has 0 nitrogen and oxygen atoms in total. The SMILES string of the molecule is F[B-](F)(F)c1ccc(Cl)cc1.[K+]. The fraction of sp³-hybridized carbons (Fsp3) is 0. The largest absolute Gasteiger partial charge is 1.00 e. The van der Waals surface area contributed by atoms with E-state index in [1.54, 1.807) is 0 Å². The molecule has 0 fully saturated rings. The average Bonchev–Trinajstić information content (AvgIpc) is 1.86. The topological polar surface area (TPSA) is 0 Å². The van der Waals surface area contributed by atoms with E-state index in [9.17, 15) is 12.9 Å². The van der Waals surface area contributed by atoms with E-state index >= 15 is 0 Å². The monoisotopic (exact) mass is 218 g/mol. The molecule has 6 heteroatoms. The smallest absolute Gasteiger partial charge is 0.445 e. The maximum atomic E-state index is 11.9. The van der Waals surface area contributed by atoms with Gasteiger partial charge in [-0.2, -0.15) is 0 Å². The fourth-order valence-corrected chi connectivity index (χ4v) is 0.807. The Morgan fingerprint density at radius 3 is 1.75 bits per heavy atom. The van der Waals surface area contributed by atoms with Crippen LogP contribution in [0.2, 0.25) is 5.02 Å². The summed E-state index contributed by atoms with van der Waals surface area (Å²) < 4.78 is 35.8. The quantitative estimate of drug-likeness (QED) is 0.552. The summed E-state index contributed by atoms with van der Waals surface area (Å²) in [6.07, 6.45) is 0. The summed E-state index contributed by atoms with van der Waals surface area (Å²) in [5.41, 5.74) is -0.616. The molecule has 0 aliphatic rings. The van der Waals surface area contributed by atoms with Crippen molar-refractivity contribution in [2.45, 2.75) is 0 Å². The molecule has 0 saturated heterocycles. The van der Waals surface area contributed by atoms with Crippen molar-refractivity contribution in [3.8, 4) is 0 Å². The zero-order valence-electron chi connectivity index (χ0n) is 6.40. The van der Waals surface area contributed by atoms with Crippen molar-refractivity contribution in [2.75, 3.05) is 0 Å². The van der Waals surface area contributed by atoms with E-state index in [0.29, 0.717) is 5.02 Å². The molecule has 60 valence electrons. The molecule has 1 rings (SSSR count). The van der Waals surface area contributed by atoms with Gasteiger partial charge < -0.3 is 12.9 Å². The van der Waals surface area contributed by atoms with Crippen LogP contribution in [-0.4, -0.2) is 6.98 Å². The zero-order valence-corrected chi connectivity index (χ0v) is 10.3. The number of hydrogen-bond donors (Lipinski definition) is 0. The van der Waals surface area contributed by atoms with E-state index < -0.39 is 12.4 Å². The van der Waals surface area contributed by atoms with Crippen molar-refractivity contribution in [1.82, 2.24) is 0 Å². The molecule has 0 aliphatic heterocycles. The van der Waals surface area contributed by atoms with E-state index in [4.69, 9.17) is 11.6 Å². The molecule has 1 aromatic carbocycles. The molecular formula is C6H4BClF3K. The summed E-state index contributed by atoms with van der Waals surface area (Å²) >= 11 is 5.40. The summed E-state index contributed by atoms with van der Waals surface area (Å²) in [4.78, 5) is 0. The number of rotatable bonds is 1. The molecule has 0 amide bonds. The second-order valence-corrected chi connectivity index (χ2v) is 2.56. The molecule has 0 radical (unpaired) electrons. The Bertz CT molecular complexity index is 246. The van der Waals surface area contributed by atoms with E-state index in [1.807, 2.05) is 0 Å². The number of benzene rings is 1. The fourth-order valence-electron chi connectivity index (χ4n) is 0.681. The van der Waals surface area contributed by atoms with Gasteiger partial charge in [0.1, 0.15) is 0 Å². The number of hydrogen-bond acceptors (Lipinski definition) is 0. The molecule has 0 bridgehead atoms. The van der Waals surface area contributed by atoms with Gasteiger partial charge in [-0.25, -0.2) is 0 Å². The van der Waals surface area contributed by atoms with Crippen LogP contribution in [0.15, 0.2) is 24.3 Å². The van der Waals surface area contributed by atoms with E-state index in [0.717, 1.165) is 12.1 Å². The van der Waals surface area contributed by atoms with Gasteiger partial charge in [-0.05, 0) is 12.1 Å². The van der Waals surface area contributed by atoms with E-state index in [1.165, 1.54) is 12.1 Å². The second kappa shape index (κ2) is 5.03. The molecule has 12 heavy (non-hydrogen) atoms. The molecule has 0 heterocycles. The van der Waals surface area contributed by atoms with Crippen LogP contribution in [0.1, 0.15) is 0 Å². The van der Waals surface area contributed by atoms with Gasteiger partial charge in [0.05, 0.1) is 0 Å². The zero-order chi connectivity index (χ0) is 8.48. The Labute approximate surface area is 116 Å². The van der Waals surface area contributed by atoms with Crippen LogP contribution < -0.4 is 56.8 Å². The van der Waals surface area contributed by atoms with Crippen LogP contribution in [0.5, 0.6) is 0 Å². The first-order valence-corrected chi connectivity index (χ1v) is 3.33. The normalized spacial score (nSPS) is 10.7. The van der Waals surface area contributed by atoms with Gasteiger partial charge in [0.2, 0.25) is 0 Å². The van der Waals surface area contributed by atoms with Crippen molar-refractivity contribution in [3.05, 3.63) is 29.3 Å². The summed E-state index contributed by atoms with van der Waals surface area (Å²) in [6, 6.07) is 4.41. The van der Waals surface area contributed by atoms with Crippen molar-refractivity contribution < 1.29 is 64.3 Å². The minimum absolute atomic E-state index is 0. The van der Waals surface area contributed by atoms with Gasteiger partial charge >= 0.3 is 58.4 Å². The molecule has 0 spiro atoms. The average molecular weight is 218 g/mol. The molecule has 0 aliphatic carbocycles. The second-order valence-electron chi connectivity index (χ2n) is 2.13. The molecule has 0 unspecified atom stereocenters. The summed E-state index contributed by atoms with van der Waals surface area (Å²) in [5, 5.41) is 0.314. The van der Waals surface area contributed by atoms with Gasteiger partial charge in [-0.1, -0.05) is 23.7 Å². The van der Waals surface area contributed by atoms with Crippen LogP contribution in [0.25, 0.3) is 0 Å². The predicted molar refractivity (Wildman–Crippen MR) is 40.2 cm³/mol. The maximum Gasteiger partial charge on any atom is 1.00 e. The Morgan fingerprint density at radius 2 is 1.42 bits per heavy atom. The minimum Gasteiger partial charge on any atom is -0.445 e. The predicted octanol–water partition coefficient (Wildman–Crippen LogP) is -0.602. The van der Waals surface area contributed by atoms with Crippen LogP contribution in [0.4, 0.5) is 12.9 Å². The molecule has 0 N–H and O–H groups in total. The molecule has 1 aromatic rings.